The van der Waals surface area contributed by atoms with Gasteiger partial charge in [-0.2, -0.15) is 14.0 Å². The first-order valence-electron chi connectivity index (χ1n) is 5.57. The molecule has 0 spiro atoms. The molecule has 19 heavy (non-hydrogen) atoms. The second-order valence-corrected chi connectivity index (χ2v) is 4.21. The zero-order valence-electron chi connectivity index (χ0n) is 10.5. The fraction of sp³-hybridized carbons (Fsp3) is 0.231. The van der Waals surface area contributed by atoms with Gasteiger partial charge in [0.15, 0.2) is 0 Å². The average Bonchev–Trinajstić information content (AvgIpc) is 2.83. The van der Waals surface area contributed by atoms with Crippen molar-refractivity contribution in [2.45, 2.75) is 6.55 Å². The number of pyridine rings is 1. The van der Waals surface area contributed by atoms with Gasteiger partial charge in [-0.05, 0) is 18.2 Å². The highest BCUT2D eigenvalue weighted by Crippen LogP contribution is 2.25. The lowest BCUT2D eigenvalue weighted by Gasteiger charge is -2.10. The summed E-state index contributed by atoms with van der Waals surface area (Å²) in [6, 6.07) is 6.76. The fourth-order valence-electron chi connectivity index (χ4n) is 1.71. The van der Waals surface area contributed by atoms with Crippen molar-refractivity contribution in [3.8, 4) is 17.2 Å². The molecule has 0 atom stereocenters. The van der Waals surface area contributed by atoms with E-state index >= 15 is 0 Å². The van der Waals surface area contributed by atoms with Gasteiger partial charge in [-0.1, -0.05) is 0 Å². The molecule has 0 saturated heterocycles. The van der Waals surface area contributed by atoms with Crippen LogP contribution in [-0.2, 0) is 0 Å². The summed E-state index contributed by atoms with van der Waals surface area (Å²) in [4.78, 5) is 6.05. The standard InChI is InChI=1S/C13H12F2N4/c1-18(2)12-4-3-9(7-17-12)10-5-11(6-16)19(8-10)13(14)15/h3-5,7-8,13H,1-2H3. The van der Waals surface area contributed by atoms with Crippen molar-refractivity contribution in [2.24, 2.45) is 0 Å². The third-order valence-corrected chi connectivity index (χ3v) is 2.71. The Kier molecular flexibility index (Phi) is 3.47. The van der Waals surface area contributed by atoms with E-state index in [0.29, 0.717) is 15.7 Å². The Morgan fingerprint density at radius 1 is 1.32 bits per heavy atom. The summed E-state index contributed by atoms with van der Waals surface area (Å²) in [7, 11) is 3.73. The van der Waals surface area contributed by atoms with Crippen LogP contribution in [0.1, 0.15) is 12.2 Å². The molecule has 0 saturated carbocycles. The van der Waals surface area contributed by atoms with E-state index in [2.05, 4.69) is 4.98 Å². The molecule has 2 heterocycles. The summed E-state index contributed by atoms with van der Waals surface area (Å²) in [6.45, 7) is -2.72. The minimum atomic E-state index is -2.72. The lowest BCUT2D eigenvalue weighted by atomic mass is 10.1. The molecule has 0 aromatic carbocycles. The number of alkyl halides is 2. The monoisotopic (exact) mass is 262 g/mol. The van der Waals surface area contributed by atoms with E-state index in [9.17, 15) is 8.78 Å². The van der Waals surface area contributed by atoms with Crippen LogP contribution in [0.4, 0.5) is 14.6 Å². The van der Waals surface area contributed by atoms with Crippen LogP contribution in [0.3, 0.4) is 0 Å². The Bertz CT molecular complexity index is 609. The Balaban J connectivity index is 2.40. The van der Waals surface area contributed by atoms with Crippen molar-refractivity contribution in [3.05, 3.63) is 36.3 Å². The van der Waals surface area contributed by atoms with Crippen molar-refractivity contribution < 1.29 is 8.78 Å². The van der Waals surface area contributed by atoms with Crippen molar-refractivity contribution in [1.29, 1.82) is 5.26 Å². The molecule has 0 bridgehead atoms. The Labute approximate surface area is 109 Å². The van der Waals surface area contributed by atoms with Gasteiger partial charge in [-0.25, -0.2) is 4.98 Å². The predicted octanol–water partition coefficient (Wildman–Crippen LogP) is 2.88. The quantitative estimate of drug-likeness (QED) is 0.854. The largest absolute Gasteiger partial charge is 0.363 e. The smallest absolute Gasteiger partial charge is 0.319 e. The third kappa shape index (κ3) is 2.55. The fourth-order valence-corrected chi connectivity index (χ4v) is 1.71. The predicted molar refractivity (Wildman–Crippen MR) is 68.0 cm³/mol. The highest BCUT2D eigenvalue weighted by molar-refractivity contribution is 5.65. The summed E-state index contributed by atoms with van der Waals surface area (Å²) >= 11 is 0. The van der Waals surface area contributed by atoms with Crippen molar-refractivity contribution in [1.82, 2.24) is 9.55 Å². The van der Waals surface area contributed by atoms with Gasteiger partial charge in [-0.15, -0.1) is 0 Å². The average molecular weight is 262 g/mol. The molecule has 2 rings (SSSR count). The Morgan fingerprint density at radius 3 is 2.47 bits per heavy atom. The van der Waals surface area contributed by atoms with Gasteiger partial charge in [0.1, 0.15) is 17.6 Å². The summed E-state index contributed by atoms with van der Waals surface area (Å²) in [5.41, 5.74) is 1.18. The first-order chi connectivity index (χ1) is 9.02. The Hall–Kier alpha value is -2.42. The molecular weight excluding hydrogens is 250 g/mol. The van der Waals surface area contributed by atoms with Crippen LogP contribution >= 0.6 is 0 Å². The first-order valence-corrected chi connectivity index (χ1v) is 5.57. The summed E-state index contributed by atoms with van der Waals surface area (Å²) < 4.78 is 26.1. The van der Waals surface area contributed by atoms with Gasteiger partial charge in [0.25, 0.3) is 0 Å². The van der Waals surface area contributed by atoms with Gasteiger partial charge < -0.3 is 4.90 Å². The number of hydrogen-bond donors (Lipinski definition) is 0. The van der Waals surface area contributed by atoms with Crippen molar-refractivity contribution in [3.63, 3.8) is 0 Å². The van der Waals surface area contributed by atoms with E-state index in [1.807, 2.05) is 19.0 Å². The second-order valence-electron chi connectivity index (χ2n) is 4.21. The SMILES string of the molecule is CN(C)c1ccc(-c2cc(C#N)n(C(F)F)c2)cn1. The molecule has 0 amide bonds. The van der Waals surface area contributed by atoms with Crippen LogP contribution in [-0.4, -0.2) is 23.6 Å². The number of halogens is 2. The van der Waals surface area contributed by atoms with E-state index in [-0.39, 0.29) is 5.69 Å². The minimum Gasteiger partial charge on any atom is -0.363 e. The lowest BCUT2D eigenvalue weighted by molar-refractivity contribution is 0.0699. The molecule has 0 aliphatic rings. The topological polar surface area (TPSA) is 44.9 Å². The molecule has 0 aliphatic carbocycles. The first kappa shape index (κ1) is 13.0. The van der Waals surface area contributed by atoms with Crippen LogP contribution < -0.4 is 4.90 Å². The lowest BCUT2D eigenvalue weighted by Crippen LogP contribution is -2.09. The molecule has 0 aliphatic heterocycles. The third-order valence-electron chi connectivity index (χ3n) is 2.71. The number of hydrogen-bond acceptors (Lipinski definition) is 3. The number of nitriles is 1. The van der Waals surface area contributed by atoms with Crippen LogP contribution in [0.2, 0.25) is 0 Å². The number of rotatable bonds is 3. The molecular formula is C13H12F2N4. The minimum absolute atomic E-state index is 0.0679. The maximum atomic E-state index is 12.7. The van der Waals surface area contributed by atoms with Gasteiger partial charge in [-0.3, -0.25) is 4.57 Å². The molecule has 2 aromatic rings. The van der Waals surface area contributed by atoms with Crippen molar-refractivity contribution in [2.75, 3.05) is 19.0 Å². The maximum Gasteiger partial charge on any atom is 0.319 e. The zero-order valence-corrected chi connectivity index (χ0v) is 10.5. The molecule has 0 N–H and O–H groups in total. The molecule has 0 radical (unpaired) electrons. The molecule has 0 fully saturated rings. The molecule has 4 nitrogen and oxygen atoms in total. The van der Waals surface area contributed by atoms with E-state index in [0.717, 1.165) is 5.82 Å². The van der Waals surface area contributed by atoms with Crippen LogP contribution in [0, 0.1) is 11.3 Å². The molecule has 6 heteroatoms. The van der Waals surface area contributed by atoms with Crippen LogP contribution in [0.5, 0.6) is 0 Å². The van der Waals surface area contributed by atoms with E-state index < -0.39 is 6.55 Å². The molecule has 0 unspecified atom stereocenters. The normalized spacial score (nSPS) is 10.5. The second kappa shape index (κ2) is 5.06. The number of anilines is 1. The molecule has 2 aromatic heterocycles. The Morgan fingerprint density at radius 2 is 2.05 bits per heavy atom. The number of aromatic nitrogens is 2. The van der Waals surface area contributed by atoms with Gasteiger partial charge in [0, 0.05) is 37.6 Å². The van der Waals surface area contributed by atoms with Gasteiger partial charge in [0.05, 0.1) is 0 Å². The maximum absolute atomic E-state index is 12.7. The summed E-state index contributed by atoms with van der Waals surface area (Å²) in [5.74, 6) is 0.776. The highest BCUT2D eigenvalue weighted by Gasteiger charge is 2.14. The van der Waals surface area contributed by atoms with Crippen LogP contribution in [0.15, 0.2) is 30.6 Å². The van der Waals surface area contributed by atoms with E-state index in [1.54, 1.807) is 24.4 Å². The summed E-state index contributed by atoms with van der Waals surface area (Å²) in [6.07, 6.45) is 2.86. The highest BCUT2D eigenvalue weighted by atomic mass is 19.3. The summed E-state index contributed by atoms with van der Waals surface area (Å²) in [5, 5.41) is 8.82. The van der Waals surface area contributed by atoms with Crippen LogP contribution in [0.25, 0.3) is 11.1 Å². The zero-order chi connectivity index (χ0) is 14.0. The van der Waals surface area contributed by atoms with E-state index in [1.165, 1.54) is 12.3 Å². The number of nitrogens with zero attached hydrogens (tertiary/aromatic N) is 4. The van der Waals surface area contributed by atoms with Gasteiger partial charge in [0.2, 0.25) is 0 Å². The van der Waals surface area contributed by atoms with E-state index in [4.69, 9.17) is 5.26 Å². The van der Waals surface area contributed by atoms with Gasteiger partial charge >= 0.3 is 6.55 Å². The molecule has 98 valence electrons. The van der Waals surface area contributed by atoms with Crippen molar-refractivity contribution >= 4 is 5.82 Å².